The molecule has 2 amide bonds. The van der Waals surface area contributed by atoms with E-state index in [-0.39, 0.29) is 18.2 Å². The number of nitrogens with zero attached hydrogens (tertiary/aromatic N) is 2. The molecule has 4 rings (SSSR count). The van der Waals surface area contributed by atoms with E-state index < -0.39 is 0 Å². The van der Waals surface area contributed by atoms with E-state index in [0.717, 1.165) is 16.5 Å². The van der Waals surface area contributed by atoms with Crippen molar-refractivity contribution in [3.63, 3.8) is 0 Å². The highest BCUT2D eigenvalue weighted by molar-refractivity contribution is 6.09. The van der Waals surface area contributed by atoms with Crippen molar-refractivity contribution in [3.8, 4) is 0 Å². The molecule has 2 heterocycles. The van der Waals surface area contributed by atoms with E-state index in [1.807, 2.05) is 48.5 Å². The summed E-state index contributed by atoms with van der Waals surface area (Å²) < 4.78 is 0. The predicted molar refractivity (Wildman–Crippen MR) is 102 cm³/mol. The monoisotopic (exact) mass is 343 g/mol. The minimum Gasteiger partial charge on any atom is -0.325 e. The standard InChI is InChI=1S/C21H17N3O2/c1-14-17-7-3-4-8-18(17)21(26)24(14)11-10-20(25)23-16-12-15-6-2-5-9-19(15)22-13-16/h2-9,12-13H,1,10-11H2,(H,23,25). The summed E-state index contributed by atoms with van der Waals surface area (Å²) in [5.74, 6) is -0.274. The van der Waals surface area contributed by atoms with Gasteiger partial charge in [0.15, 0.2) is 0 Å². The van der Waals surface area contributed by atoms with Crippen molar-refractivity contribution in [2.45, 2.75) is 6.42 Å². The number of pyridine rings is 1. The number of rotatable bonds is 4. The average Bonchev–Trinajstić information content (AvgIpc) is 2.91. The lowest BCUT2D eigenvalue weighted by atomic mass is 10.1. The fourth-order valence-corrected chi connectivity index (χ4v) is 3.15. The molecule has 0 unspecified atom stereocenters. The highest BCUT2D eigenvalue weighted by Crippen LogP contribution is 2.31. The Morgan fingerprint density at radius 3 is 2.62 bits per heavy atom. The molecule has 0 atom stereocenters. The van der Waals surface area contributed by atoms with Gasteiger partial charge in [-0.1, -0.05) is 43.0 Å². The lowest BCUT2D eigenvalue weighted by Gasteiger charge is -2.17. The van der Waals surface area contributed by atoms with Gasteiger partial charge in [0.25, 0.3) is 5.91 Å². The Kier molecular flexibility index (Phi) is 3.97. The molecular formula is C21H17N3O2. The van der Waals surface area contributed by atoms with Gasteiger partial charge in [0.05, 0.1) is 17.4 Å². The zero-order valence-corrected chi connectivity index (χ0v) is 14.1. The predicted octanol–water partition coefficient (Wildman–Crippen LogP) is 3.69. The molecule has 0 fully saturated rings. The number of carbonyl (C=O) groups is 2. The van der Waals surface area contributed by atoms with Gasteiger partial charge >= 0.3 is 0 Å². The lowest BCUT2D eigenvalue weighted by molar-refractivity contribution is -0.116. The topological polar surface area (TPSA) is 62.3 Å². The quantitative estimate of drug-likeness (QED) is 0.786. The first-order chi connectivity index (χ1) is 12.6. The maximum atomic E-state index is 12.4. The Bertz CT molecular complexity index is 1010. The van der Waals surface area contributed by atoms with E-state index in [1.165, 1.54) is 0 Å². The zero-order valence-electron chi connectivity index (χ0n) is 14.1. The molecule has 1 aliphatic heterocycles. The normalized spacial score (nSPS) is 13.2. The van der Waals surface area contributed by atoms with Gasteiger partial charge in [-0.05, 0) is 18.2 Å². The van der Waals surface area contributed by atoms with Crippen molar-refractivity contribution < 1.29 is 9.59 Å². The molecule has 5 heteroatoms. The molecule has 5 nitrogen and oxygen atoms in total. The molecule has 0 radical (unpaired) electrons. The number of amides is 2. The maximum absolute atomic E-state index is 12.4. The van der Waals surface area contributed by atoms with Gasteiger partial charge in [0.2, 0.25) is 5.91 Å². The van der Waals surface area contributed by atoms with E-state index in [0.29, 0.717) is 23.5 Å². The summed E-state index contributed by atoms with van der Waals surface area (Å²) in [5, 5.41) is 3.80. The molecule has 0 bridgehead atoms. The van der Waals surface area contributed by atoms with Gasteiger partial charge < -0.3 is 10.2 Å². The fraction of sp³-hybridized carbons (Fsp3) is 0.0952. The second-order valence-electron chi connectivity index (χ2n) is 6.16. The zero-order chi connectivity index (χ0) is 18.1. The highest BCUT2D eigenvalue weighted by Gasteiger charge is 2.30. The van der Waals surface area contributed by atoms with Gasteiger partial charge in [0.1, 0.15) is 0 Å². The molecule has 26 heavy (non-hydrogen) atoms. The Labute approximate surface area is 151 Å². The van der Waals surface area contributed by atoms with Crippen LogP contribution < -0.4 is 5.32 Å². The average molecular weight is 343 g/mol. The van der Waals surface area contributed by atoms with E-state index in [4.69, 9.17) is 0 Å². The smallest absolute Gasteiger partial charge is 0.258 e. The number of aromatic nitrogens is 1. The Morgan fingerprint density at radius 2 is 1.81 bits per heavy atom. The Balaban J connectivity index is 1.41. The molecule has 0 spiro atoms. The van der Waals surface area contributed by atoms with Crippen LogP contribution in [-0.2, 0) is 4.79 Å². The van der Waals surface area contributed by atoms with Gasteiger partial charge in [-0.2, -0.15) is 0 Å². The maximum Gasteiger partial charge on any atom is 0.258 e. The summed E-state index contributed by atoms with van der Waals surface area (Å²) in [6.45, 7) is 4.28. The summed E-state index contributed by atoms with van der Waals surface area (Å²) in [4.78, 5) is 30.6. The van der Waals surface area contributed by atoms with Crippen molar-refractivity contribution in [3.05, 3.63) is 78.5 Å². The largest absolute Gasteiger partial charge is 0.325 e. The molecule has 128 valence electrons. The second-order valence-corrected chi connectivity index (χ2v) is 6.16. The number of fused-ring (bicyclic) bond motifs is 2. The third-order valence-electron chi connectivity index (χ3n) is 4.48. The van der Waals surface area contributed by atoms with Crippen LogP contribution in [0.1, 0.15) is 22.3 Å². The number of hydrogen-bond acceptors (Lipinski definition) is 3. The number of benzene rings is 2. The van der Waals surface area contributed by atoms with Crippen LogP contribution in [0.2, 0.25) is 0 Å². The second kappa shape index (κ2) is 6.44. The molecule has 1 N–H and O–H groups in total. The molecular weight excluding hydrogens is 326 g/mol. The van der Waals surface area contributed by atoms with Crippen LogP contribution in [0.5, 0.6) is 0 Å². The van der Waals surface area contributed by atoms with Crippen LogP contribution in [0.15, 0.2) is 67.4 Å². The summed E-state index contributed by atoms with van der Waals surface area (Å²) in [6, 6.07) is 17.0. The lowest BCUT2D eigenvalue weighted by Crippen LogP contribution is -2.27. The third-order valence-corrected chi connectivity index (χ3v) is 4.48. The minimum absolute atomic E-state index is 0.106. The minimum atomic E-state index is -0.168. The van der Waals surface area contributed by atoms with Gasteiger partial charge in [-0.15, -0.1) is 0 Å². The van der Waals surface area contributed by atoms with Crippen LogP contribution >= 0.6 is 0 Å². The van der Waals surface area contributed by atoms with E-state index in [1.54, 1.807) is 17.2 Å². The van der Waals surface area contributed by atoms with Crippen LogP contribution in [0.25, 0.3) is 16.6 Å². The van der Waals surface area contributed by atoms with Crippen LogP contribution in [0, 0.1) is 0 Å². The number of hydrogen-bond donors (Lipinski definition) is 1. The molecule has 0 saturated carbocycles. The molecule has 3 aromatic rings. The van der Waals surface area contributed by atoms with Crippen molar-refractivity contribution in [2.75, 3.05) is 11.9 Å². The van der Waals surface area contributed by atoms with Crippen molar-refractivity contribution in [2.24, 2.45) is 0 Å². The first-order valence-corrected chi connectivity index (χ1v) is 8.38. The molecule has 2 aromatic carbocycles. The summed E-state index contributed by atoms with van der Waals surface area (Å²) in [6.07, 6.45) is 1.82. The van der Waals surface area contributed by atoms with Crippen molar-refractivity contribution in [1.82, 2.24) is 9.88 Å². The van der Waals surface area contributed by atoms with Gasteiger partial charge in [0, 0.05) is 35.2 Å². The summed E-state index contributed by atoms with van der Waals surface area (Å²) in [5.41, 5.74) is 3.63. The van der Waals surface area contributed by atoms with E-state index in [9.17, 15) is 9.59 Å². The van der Waals surface area contributed by atoms with Crippen LogP contribution in [0.3, 0.4) is 0 Å². The third kappa shape index (κ3) is 2.84. The van der Waals surface area contributed by atoms with Crippen molar-refractivity contribution in [1.29, 1.82) is 0 Å². The molecule has 1 aliphatic rings. The molecule has 0 saturated heterocycles. The van der Waals surface area contributed by atoms with Gasteiger partial charge in [-0.3, -0.25) is 14.6 Å². The number of para-hydroxylation sites is 1. The molecule has 1 aromatic heterocycles. The van der Waals surface area contributed by atoms with Crippen LogP contribution in [0.4, 0.5) is 5.69 Å². The Morgan fingerprint density at radius 1 is 1.08 bits per heavy atom. The molecule has 0 aliphatic carbocycles. The number of carbonyl (C=O) groups excluding carboxylic acids is 2. The number of nitrogens with one attached hydrogen (secondary N) is 1. The number of anilines is 1. The first-order valence-electron chi connectivity index (χ1n) is 8.38. The van der Waals surface area contributed by atoms with E-state index >= 15 is 0 Å². The first kappa shape index (κ1) is 16.0. The van der Waals surface area contributed by atoms with Crippen LogP contribution in [-0.4, -0.2) is 28.2 Å². The van der Waals surface area contributed by atoms with E-state index in [2.05, 4.69) is 16.9 Å². The fourth-order valence-electron chi connectivity index (χ4n) is 3.15. The Hall–Kier alpha value is -3.47. The van der Waals surface area contributed by atoms with Crippen molar-refractivity contribution >= 4 is 34.1 Å². The summed E-state index contributed by atoms with van der Waals surface area (Å²) in [7, 11) is 0. The van der Waals surface area contributed by atoms with Gasteiger partial charge in [-0.25, -0.2) is 0 Å². The summed E-state index contributed by atoms with van der Waals surface area (Å²) >= 11 is 0. The highest BCUT2D eigenvalue weighted by atomic mass is 16.2. The SMILES string of the molecule is C=C1c2ccccc2C(=O)N1CCC(=O)Nc1cnc2ccccc2c1.